The Hall–Kier alpha value is -3.12. The fourth-order valence-electron chi connectivity index (χ4n) is 6.13. The van der Waals surface area contributed by atoms with Crippen molar-refractivity contribution in [1.29, 1.82) is 0 Å². The lowest BCUT2D eigenvalue weighted by atomic mass is 9.87. The molecule has 2 aliphatic rings. The maximum atomic E-state index is 13.0. The molecule has 4 aromatic rings. The van der Waals surface area contributed by atoms with E-state index in [2.05, 4.69) is 75.0 Å². The maximum Gasteiger partial charge on any atom is 0.226 e. The van der Waals surface area contributed by atoms with Gasteiger partial charge in [-0.1, -0.05) is 19.9 Å². The smallest absolute Gasteiger partial charge is 0.226 e. The number of hydrogen-bond acceptors (Lipinski definition) is 3. The molecule has 35 heavy (non-hydrogen) atoms. The zero-order valence-corrected chi connectivity index (χ0v) is 20.8. The van der Waals surface area contributed by atoms with Crippen molar-refractivity contribution in [2.75, 3.05) is 26.2 Å². The number of aromatic nitrogens is 3. The molecule has 0 radical (unpaired) electrons. The summed E-state index contributed by atoms with van der Waals surface area (Å²) in [4.78, 5) is 23.2. The standard InChI is InChI=1S/C29H35N5O/c1-19(2)27-24-16-21(20-9-13-33(14-10-20)29(35)22-4-3-11-30-17-22)5-7-25(24)32-28(27)23-6-8-26-31-12-15-34(26)18-23/h5-8,12,15-16,18-20,22,30,32H,3-4,9-11,13-14,17H2,1-2H3/t22-/m1/s1. The van der Waals surface area contributed by atoms with E-state index in [0.29, 0.717) is 17.7 Å². The Balaban J connectivity index is 1.26. The number of carbonyl (C=O) groups excluding carboxylic acids is 1. The van der Waals surface area contributed by atoms with Crippen molar-refractivity contribution in [3.8, 4) is 11.3 Å². The Bertz CT molecular complexity index is 1350. The van der Waals surface area contributed by atoms with Crippen LogP contribution in [0.15, 0.2) is 48.9 Å². The second kappa shape index (κ2) is 9.15. The number of benzene rings is 1. The molecule has 2 N–H and O–H groups in total. The van der Waals surface area contributed by atoms with Crippen LogP contribution in [0.25, 0.3) is 27.8 Å². The van der Waals surface area contributed by atoms with Crippen molar-refractivity contribution in [1.82, 2.24) is 24.6 Å². The van der Waals surface area contributed by atoms with Gasteiger partial charge in [-0.05, 0) is 79.5 Å². The number of nitrogens with one attached hydrogen (secondary N) is 2. The van der Waals surface area contributed by atoms with Crippen LogP contribution in [0.1, 0.15) is 62.5 Å². The van der Waals surface area contributed by atoms with Gasteiger partial charge in [0.2, 0.25) is 5.91 Å². The van der Waals surface area contributed by atoms with Crippen LogP contribution >= 0.6 is 0 Å². The predicted molar refractivity (Wildman–Crippen MR) is 141 cm³/mol. The molecular weight excluding hydrogens is 434 g/mol. The minimum atomic E-state index is 0.171. The molecule has 0 spiro atoms. The number of nitrogens with zero attached hydrogens (tertiary/aromatic N) is 3. The molecule has 6 heteroatoms. The molecule has 6 nitrogen and oxygen atoms in total. The van der Waals surface area contributed by atoms with E-state index >= 15 is 0 Å². The number of imidazole rings is 1. The van der Waals surface area contributed by atoms with E-state index in [4.69, 9.17) is 0 Å². The maximum absolute atomic E-state index is 13.0. The first-order valence-corrected chi connectivity index (χ1v) is 13.2. The number of carbonyl (C=O) groups is 1. The highest BCUT2D eigenvalue weighted by Crippen LogP contribution is 2.38. The molecule has 0 unspecified atom stereocenters. The number of hydrogen-bond donors (Lipinski definition) is 2. The molecule has 5 heterocycles. The molecule has 0 saturated carbocycles. The Morgan fingerprint density at radius 2 is 1.97 bits per heavy atom. The molecule has 2 aliphatic heterocycles. The summed E-state index contributed by atoms with van der Waals surface area (Å²) in [5, 5.41) is 4.71. The van der Waals surface area contributed by atoms with Gasteiger partial charge in [0.1, 0.15) is 5.65 Å². The highest BCUT2D eigenvalue weighted by atomic mass is 16.2. The average molecular weight is 470 g/mol. The van der Waals surface area contributed by atoms with Crippen LogP contribution in [0.2, 0.25) is 0 Å². The summed E-state index contributed by atoms with van der Waals surface area (Å²) < 4.78 is 2.08. The number of aromatic amines is 1. The molecule has 182 valence electrons. The molecule has 6 rings (SSSR count). The lowest BCUT2D eigenvalue weighted by Crippen LogP contribution is -2.45. The molecule has 0 bridgehead atoms. The van der Waals surface area contributed by atoms with E-state index < -0.39 is 0 Å². The third kappa shape index (κ3) is 4.14. The number of amides is 1. The molecule has 1 amide bonds. The van der Waals surface area contributed by atoms with Gasteiger partial charge in [0, 0.05) is 54.7 Å². The van der Waals surface area contributed by atoms with E-state index in [1.54, 1.807) is 0 Å². The highest BCUT2D eigenvalue weighted by Gasteiger charge is 2.30. The third-order valence-electron chi connectivity index (χ3n) is 8.04. The lowest BCUT2D eigenvalue weighted by molar-refractivity contribution is -0.137. The van der Waals surface area contributed by atoms with Crippen LogP contribution in [0, 0.1) is 5.92 Å². The van der Waals surface area contributed by atoms with E-state index in [9.17, 15) is 4.79 Å². The number of H-pyrrole nitrogens is 1. The second-order valence-corrected chi connectivity index (χ2v) is 10.6. The van der Waals surface area contributed by atoms with Crippen LogP contribution in [0.5, 0.6) is 0 Å². The fourth-order valence-corrected chi connectivity index (χ4v) is 6.13. The van der Waals surface area contributed by atoms with Crippen LogP contribution < -0.4 is 5.32 Å². The summed E-state index contributed by atoms with van der Waals surface area (Å²) >= 11 is 0. The quantitative estimate of drug-likeness (QED) is 0.426. The van der Waals surface area contributed by atoms with Crippen molar-refractivity contribution in [2.45, 2.75) is 51.4 Å². The molecule has 1 atom stereocenters. The van der Waals surface area contributed by atoms with Crippen molar-refractivity contribution in [3.05, 3.63) is 60.0 Å². The molecule has 3 aromatic heterocycles. The Kier molecular flexibility index (Phi) is 5.85. The Labute approximate surface area is 206 Å². The number of piperidine rings is 2. The molecule has 2 saturated heterocycles. The number of fused-ring (bicyclic) bond motifs is 2. The van der Waals surface area contributed by atoms with E-state index in [-0.39, 0.29) is 5.92 Å². The molecule has 0 aliphatic carbocycles. The molecule has 1 aromatic carbocycles. The minimum Gasteiger partial charge on any atom is -0.354 e. The van der Waals surface area contributed by atoms with Gasteiger partial charge in [-0.25, -0.2) is 4.98 Å². The topological polar surface area (TPSA) is 65.4 Å². The Morgan fingerprint density at radius 1 is 1.11 bits per heavy atom. The normalized spacial score (nSPS) is 19.7. The van der Waals surface area contributed by atoms with Crippen LogP contribution in [0.3, 0.4) is 0 Å². The van der Waals surface area contributed by atoms with Gasteiger partial charge in [-0.3, -0.25) is 4.79 Å². The van der Waals surface area contributed by atoms with Gasteiger partial charge < -0.3 is 19.6 Å². The number of likely N-dealkylation sites (tertiary alicyclic amines) is 1. The van der Waals surface area contributed by atoms with Crippen LogP contribution in [-0.4, -0.2) is 51.4 Å². The number of pyridine rings is 1. The van der Waals surface area contributed by atoms with E-state index in [0.717, 1.165) is 57.5 Å². The van der Waals surface area contributed by atoms with Crippen molar-refractivity contribution in [3.63, 3.8) is 0 Å². The van der Waals surface area contributed by atoms with Crippen LogP contribution in [0.4, 0.5) is 0 Å². The summed E-state index contributed by atoms with van der Waals surface area (Å²) in [5.41, 5.74) is 7.31. The highest BCUT2D eigenvalue weighted by molar-refractivity contribution is 5.92. The predicted octanol–water partition coefficient (Wildman–Crippen LogP) is 5.31. The zero-order valence-electron chi connectivity index (χ0n) is 20.8. The monoisotopic (exact) mass is 469 g/mol. The second-order valence-electron chi connectivity index (χ2n) is 10.6. The summed E-state index contributed by atoms with van der Waals surface area (Å²) in [6, 6.07) is 11.2. The summed E-state index contributed by atoms with van der Waals surface area (Å²) in [5.74, 6) is 1.44. The van der Waals surface area contributed by atoms with E-state index in [1.807, 2.05) is 12.4 Å². The first-order chi connectivity index (χ1) is 17.1. The lowest BCUT2D eigenvalue weighted by Gasteiger charge is -2.35. The van der Waals surface area contributed by atoms with Crippen LogP contribution in [-0.2, 0) is 4.79 Å². The molecular formula is C29H35N5O. The average Bonchev–Trinajstić information content (AvgIpc) is 3.52. The molecule has 2 fully saturated rings. The van der Waals surface area contributed by atoms with Gasteiger partial charge >= 0.3 is 0 Å². The van der Waals surface area contributed by atoms with Crippen molar-refractivity contribution < 1.29 is 4.79 Å². The van der Waals surface area contributed by atoms with Gasteiger partial charge in [-0.15, -0.1) is 0 Å². The van der Waals surface area contributed by atoms with Crippen molar-refractivity contribution >= 4 is 22.5 Å². The first kappa shape index (κ1) is 22.4. The fraction of sp³-hybridized carbons (Fsp3) is 0.448. The zero-order chi connectivity index (χ0) is 23.9. The summed E-state index contributed by atoms with van der Waals surface area (Å²) in [6.07, 6.45) is 10.2. The SMILES string of the molecule is CC(C)c1c(-c2ccc3nccn3c2)[nH]c2ccc(C3CCN(C(=O)[C@@H]4CCCNC4)CC3)cc12. The largest absolute Gasteiger partial charge is 0.354 e. The van der Waals surface area contributed by atoms with Gasteiger partial charge in [0.15, 0.2) is 0 Å². The Morgan fingerprint density at radius 3 is 2.74 bits per heavy atom. The summed E-state index contributed by atoms with van der Waals surface area (Å²) in [7, 11) is 0. The van der Waals surface area contributed by atoms with Gasteiger partial charge in [0.25, 0.3) is 0 Å². The first-order valence-electron chi connectivity index (χ1n) is 13.2. The van der Waals surface area contributed by atoms with Gasteiger partial charge in [0.05, 0.1) is 11.6 Å². The summed E-state index contributed by atoms with van der Waals surface area (Å²) in [6.45, 7) is 8.19. The third-order valence-corrected chi connectivity index (χ3v) is 8.04. The number of rotatable bonds is 4. The minimum absolute atomic E-state index is 0.171. The van der Waals surface area contributed by atoms with Crippen molar-refractivity contribution in [2.24, 2.45) is 5.92 Å². The van der Waals surface area contributed by atoms with Gasteiger partial charge in [-0.2, -0.15) is 0 Å². The van der Waals surface area contributed by atoms with E-state index in [1.165, 1.54) is 33.3 Å².